The highest BCUT2D eigenvalue weighted by atomic mass is 32.2. The van der Waals surface area contributed by atoms with Crippen molar-refractivity contribution >= 4 is 44.1 Å². The second-order valence-electron chi connectivity index (χ2n) is 8.99. The Hall–Kier alpha value is -2.96. The van der Waals surface area contributed by atoms with Crippen molar-refractivity contribution in [1.82, 2.24) is 9.21 Å². The maximum atomic E-state index is 13.3. The quantitative estimate of drug-likeness (QED) is 0.527. The fourth-order valence-corrected chi connectivity index (χ4v) is 7.44. The molecule has 200 valence electrons. The van der Waals surface area contributed by atoms with E-state index < -0.39 is 21.9 Å². The Balaban J connectivity index is 1.54. The largest absolute Gasteiger partial charge is 0.497 e. The first kappa shape index (κ1) is 27.1. The van der Waals surface area contributed by atoms with Crippen LogP contribution in [0.1, 0.15) is 47.5 Å². The van der Waals surface area contributed by atoms with Gasteiger partial charge in [0.1, 0.15) is 10.8 Å². The molecule has 37 heavy (non-hydrogen) atoms. The topological polar surface area (TPSA) is 122 Å². The Morgan fingerprint density at radius 2 is 1.89 bits per heavy atom. The molecule has 2 aliphatic heterocycles. The number of esters is 1. The van der Waals surface area contributed by atoms with Crippen molar-refractivity contribution < 1.29 is 32.3 Å². The van der Waals surface area contributed by atoms with Crippen LogP contribution in [0.5, 0.6) is 5.75 Å². The number of nitrogens with one attached hydrogen (secondary N) is 1. The van der Waals surface area contributed by atoms with Crippen molar-refractivity contribution in [2.75, 3.05) is 38.7 Å². The van der Waals surface area contributed by atoms with E-state index in [9.17, 15) is 22.8 Å². The lowest BCUT2D eigenvalue weighted by molar-refractivity contribution is -0.129. The zero-order valence-electron chi connectivity index (χ0n) is 21.1. The van der Waals surface area contributed by atoms with Crippen molar-refractivity contribution in [3.63, 3.8) is 0 Å². The molecule has 1 atom stereocenters. The number of piperidine rings is 1. The molecule has 2 aliphatic rings. The monoisotopic (exact) mass is 549 g/mol. The molecule has 10 nitrogen and oxygen atoms in total. The SMILES string of the molecule is CCOC(=O)c1c(NC(=O)C2CCCN(S(=O)(=O)c3ccc(OC)cc3)C2)sc2c1CCN(C(C)=O)C2. The number of carbonyl (C=O) groups is 3. The summed E-state index contributed by atoms with van der Waals surface area (Å²) in [5.74, 6) is -0.939. The number of anilines is 1. The molecule has 1 fully saturated rings. The average Bonchev–Trinajstić information content (AvgIpc) is 3.25. The molecule has 0 saturated carbocycles. The van der Waals surface area contributed by atoms with Crippen LogP contribution < -0.4 is 10.1 Å². The number of methoxy groups -OCH3 is 1. The Kier molecular flexibility index (Phi) is 8.20. The van der Waals surface area contributed by atoms with Crippen LogP contribution in [-0.4, -0.2) is 68.8 Å². The van der Waals surface area contributed by atoms with E-state index in [1.165, 1.54) is 41.8 Å². The lowest BCUT2D eigenvalue weighted by atomic mass is 9.98. The van der Waals surface area contributed by atoms with Crippen LogP contribution >= 0.6 is 11.3 Å². The summed E-state index contributed by atoms with van der Waals surface area (Å²) in [6, 6.07) is 6.15. The Morgan fingerprint density at radius 3 is 2.54 bits per heavy atom. The molecule has 1 saturated heterocycles. The minimum atomic E-state index is -3.78. The van der Waals surface area contributed by atoms with Gasteiger partial charge in [-0.25, -0.2) is 13.2 Å². The number of fused-ring (bicyclic) bond motifs is 1. The van der Waals surface area contributed by atoms with Crippen LogP contribution in [0.4, 0.5) is 5.00 Å². The van der Waals surface area contributed by atoms with Gasteiger partial charge in [0.25, 0.3) is 0 Å². The van der Waals surface area contributed by atoms with Crippen molar-refractivity contribution in [1.29, 1.82) is 0 Å². The summed E-state index contributed by atoms with van der Waals surface area (Å²) in [5, 5.41) is 3.27. The van der Waals surface area contributed by atoms with Gasteiger partial charge in [-0.3, -0.25) is 9.59 Å². The van der Waals surface area contributed by atoms with Gasteiger partial charge in [-0.2, -0.15) is 4.31 Å². The lowest BCUT2D eigenvalue weighted by Gasteiger charge is -2.31. The van der Waals surface area contributed by atoms with Crippen molar-refractivity contribution in [3.8, 4) is 5.75 Å². The van der Waals surface area contributed by atoms with E-state index in [0.717, 1.165) is 10.4 Å². The van der Waals surface area contributed by atoms with E-state index in [4.69, 9.17) is 9.47 Å². The normalized spacial score (nSPS) is 18.1. The van der Waals surface area contributed by atoms with Crippen LogP contribution in [0.3, 0.4) is 0 Å². The number of benzene rings is 1. The van der Waals surface area contributed by atoms with Gasteiger partial charge in [-0.05, 0) is 56.0 Å². The van der Waals surface area contributed by atoms with Crippen LogP contribution in [0.25, 0.3) is 0 Å². The molecule has 1 aromatic heterocycles. The molecule has 2 amide bonds. The first-order valence-corrected chi connectivity index (χ1v) is 14.4. The van der Waals surface area contributed by atoms with Gasteiger partial charge < -0.3 is 19.7 Å². The Labute approximate surface area is 220 Å². The third-order valence-electron chi connectivity index (χ3n) is 6.67. The summed E-state index contributed by atoms with van der Waals surface area (Å²) in [6.07, 6.45) is 1.55. The predicted molar refractivity (Wildman–Crippen MR) is 138 cm³/mol. The summed E-state index contributed by atoms with van der Waals surface area (Å²) in [4.78, 5) is 40.7. The second-order valence-corrected chi connectivity index (χ2v) is 12.0. The number of rotatable bonds is 7. The molecule has 0 radical (unpaired) electrons. The van der Waals surface area contributed by atoms with E-state index in [2.05, 4.69) is 5.32 Å². The number of hydrogen-bond acceptors (Lipinski definition) is 8. The number of thiophene rings is 1. The summed E-state index contributed by atoms with van der Waals surface area (Å²) >= 11 is 1.27. The van der Waals surface area contributed by atoms with Gasteiger partial charge in [0.15, 0.2) is 0 Å². The maximum absolute atomic E-state index is 13.3. The minimum Gasteiger partial charge on any atom is -0.497 e. The van der Waals surface area contributed by atoms with Crippen LogP contribution in [0.15, 0.2) is 29.2 Å². The summed E-state index contributed by atoms with van der Waals surface area (Å²) < 4.78 is 38.1. The van der Waals surface area contributed by atoms with Gasteiger partial charge >= 0.3 is 5.97 Å². The fraction of sp³-hybridized carbons (Fsp3) is 0.480. The van der Waals surface area contributed by atoms with Gasteiger partial charge in [0.05, 0.1) is 36.6 Å². The predicted octanol–water partition coefficient (Wildman–Crippen LogP) is 2.88. The van der Waals surface area contributed by atoms with Crippen molar-refractivity contribution in [2.24, 2.45) is 5.92 Å². The zero-order valence-corrected chi connectivity index (χ0v) is 22.7. The van der Waals surface area contributed by atoms with E-state index in [0.29, 0.717) is 55.2 Å². The molecule has 2 aromatic rings. The number of hydrogen-bond donors (Lipinski definition) is 1. The standard InChI is InChI=1S/C25H31N3O7S2/c1-4-35-25(31)22-20-11-13-27(16(2)29)15-21(20)36-24(22)26-23(30)17-6-5-12-28(14-17)37(32,33)19-9-7-18(34-3)8-10-19/h7-10,17H,4-6,11-15H2,1-3H3,(H,26,30). The molecule has 0 bridgehead atoms. The number of carbonyl (C=O) groups excluding carboxylic acids is 3. The third kappa shape index (κ3) is 5.65. The molecular formula is C25H31N3O7S2. The molecular weight excluding hydrogens is 518 g/mol. The summed E-state index contributed by atoms with van der Waals surface area (Å²) in [7, 11) is -2.27. The smallest absolute Gasteiger partial charge is 0.341 e. The molecule has 4 rings (SSSR count). The zero-order chi connectivity index (χ0) is 26.7. The fourth-order valence-electron chi connectivity index (χ4n) is 4.67. The van der Waals surface area contributed by atoms with Crippen molar-refractivity contribution in [2.45, 2.75) is 44.6 Å². The number of amides is 2. The van der Waals surface area contributed by atoms with Crippen LogP contribution in [0, 0.1) is 5.92 Å². The van der Waals surface area contributed by atoms with E-state index in [-0.39, 0.29) is 29.9 Å². The highest BCUT2D eigenvalue weighted by molar-refractivity contribution is 7.89. The molecule has 1 N–H and O–H groups in total. The number of nitrogens with zero attached hydrogens (tertiary/aromatic N) is 2. The second kappa shape index (κ2) is 11.2. The minimum absolute atomic E-state index is 0.0398. The van der Waals surface area contributed by atoms with E-state index >= 15 is 0 Å². The molecule has 1 unspecified atom stereocenters. The highest BCUT2D eigenvalue weighted by Crippen LogP contribution is 2.38. The maximum Gasteiger partial charge on any atom is 0.341 e. The average molecular weight is 550 g/mol. The van der Waals surface area contributed by atoms with Crippen LogP contribution in [-0.2, 0) is 37.3 Å². The summed E-state index contributed by atoms with van der Waals surface area (Å²) in [5.41, 5.74) is 1.13. The van der Waals surface area contributed by atoms with E-state index in [1.807, 2.05) is 0 Å². The van der Waals surface area contributed by atoms with Gasteiger partial charge in [0.2, 0.25) is 21.8 Å². The Bertz CT molecular complexity index is 1290. The van der Waals surface area contributed by atoms with Gasteiger partial charge in [-0.1, -0.05) is 0 Å². The highest BCUT2D eigenvalue weighted by Gasteiger charge is 2.35. The molecule has 12 heteroatoms. The molecule has 0 aliphatic carbocycles. The van der Waals surface area contributed by atoms with Gasteiger partial charge in [-0.15, -0.1) is 11.3 Å². The molecule has 3 heterocycles. The molecule has 1 aromatic carbocycles. The number of ether oxygens (including phenoxy) is 2. The van der Waals surface area contributed by atoms with Crippen molar-refractivity contribution in [3.05, 3.63) is 40.3 Å². The third-order valence-corrected chi connectivity index (χ3v) is 9.68. The van der Waals surface area contributed by atoms with Gasteiger partial charge in [0, 0.05) is 31.4 Å². The van der Waals surface area contributed by atoms with Crippen LogP contribution in [0.2, 0.25) is 0 Å². The summed E-state index contributed by atoms with van der Waals surface area (Å²) in [6.45, 7) is 4.62. The first-order valence-electron chi connectivity index (χ1n) is 12.2. The first-order chi connectivity index (χ1) is 17.6. The van der Waals surface area contributed by atoms with E-state index in [1.54, 1.807) is 24.0 Å². The number of sulfonamides is 1. The lowest BCUT2D eigenvalue weighted by Crippen LogP contribution is -2.43. The Morgan fingerprint density at radius 1 is 1.16 bits per heavy atom. The molecule has 0 spiro atoms.